The van der Waals surface area contributed by atoms with Crippen molar-refractivity contribution in [3.8, 4) is 11.5 Å². The molecule has 0 aliphatic carbocycles. The first kappa shape index (κ1) is 23.0. The number of carbonyl (C=O) groups is 1. The molecule has 2 aliphatic rings. The molecule has 2 atom stereocenters. The van der Waals surface area contributed by atoms with E-state index in [0.717, 1.165) is 5.56 Å². The number of rotatable bonds is 4. The quantitative estimate of drug-likeness (QED) is 0.468. The second-order valence-corrected chi connectivity index (χ2v) is 12.1. The van der Waals surface area contributed by atoms with E-state index in [1.165, 1.54) is 11.8 Å². The predicted molar refractivity (Wildman–Crippen MR) is 137 cm³/mol. The number of amidine groups is 1. The van der Waals surface area contributed by atoms with Crippen LogP contribution >= 0.6 is 23.4 Å². The lowest BCUT2D eigenvalue weighted by Crippen LogP contribution is -2.38. The average Bonchev–Trinajstić information content (AvgIpc) is 3.26. The van der Waals surface area contributed by atoms with E-state index in [4.69, 9.17) is 16.3 Å². The maximum atomic E-state index is 12.9. The number of amides is 1. The second-order valence-electron chi connectivity index (χ2n) is 8.27. The fourth-order valence-corrected chi connectivity index (χ4v) is 8.22. The van der Waals surface area contributed by atoms with Gasteiger partial charge in [-0.3, -0.25) is 4.79 Å². The van der Waals surface area contributed by atoms with Crippen molar-refractivity contribution in [2.75, 3.05) is 16.4 Å². The van der Waals surface area contributed by atoms with Gasteiger partial charge in [0.2, 0.25) is 0 Å². The molecule has 0 spiro atoms. The van der Waals surface area contributed by atoms with E-state index in [9.17, 15) is 13.2 Å². The summed E-state index contributed by atoms with van der Waals surface area (Å²) in [6, 6.07) is 21.2. The number of hydrogen-bond donors (Lipinski definition) is 0. The Morgan fingerprint density at radius 2 is 1.85 bits per heavy atom. The molecule has 2 fully saturated rings. The fourth-order valence-electron chi connectivity index (χ4n) is 4.15. The number of thioether (sulfide) groups is 1. The van der Waals surface area contributed by atoms with Crippen molar-refractivity contribution >= 4 is 50.0 Å². The SMILES string of the molecule is Cc1cccc(Oc2ccc(Cl)cc2N2C(=NC(=O)c3ccccc3)S[C@H]3CS(=O)(=O)C[C@H]32)c1. The lowest BCUT2D eigenvalue weighted by Gasteiger charge is -2.27. The van der Waals surface area contributed by atoms with E-state index < -0.39 is 9.84 Å². The summed E-state index contributed by atoms with van der Waals surface area (Å²) < 4.78 is 31.1. The van der Waals surface area contributed by atoms with Crippen LogP contribution in [0.25, 0.3) is 0 Å². The van der Waals surface area contributed by atoms with Gasteiger partial charge >= 0.3 is 0 Å². The fraction of sp³-hybridized carbons (Fsp3) is 0.200. The van der Waals surface area contributed by atoms with Crippen LogP contribution in [0.1, 0.15) is 15.9 Å². The second kappa shape index (κ2) is 9.09. The van der Waals surface area contributed by atoms with Gasteiger partial charge in [-0.25, -0.2) is 8.42 Å². The molecule has 2 aliphatic heterocycles. The highest BCUT2D eigenvalue weighted by Crippen LogP contribution is 2.45. The minimum absolute atomic E-state index is 0.0282. The first-order valence-corrected chi connectivity index (χ1v) is 13.8. The van der Waals surface area contributed by atoms with Gasteiger partial charge in [-0.15, -0.1) is 0 Å². The Morgan fingerprint density at radius 3 is 2.62 bits per heavy atom. The standard InChI is InChI=1S/C25H21ClN2O4S2/c1-16-6-5-9-19(12-16)32-22-11-10-18(26)13-20(22)28-21-14-34(30,31)15-23(21)33-25(28)27-24(29)17-7-3-2-4-8-17/h2-13,21,23H,14-15H2,1H3/t21-,23+/m1/s1. The maximum absolute atomic E-state index is 12.9. The third-order valence-electron chi connectivity index (χ3n) is 5.68. The lowest BCUT2D eigenvalue weighted by atomic mass is 10.2. The van der Waals surface area contributed by atoms with E-state index in [2.05, 4.69) is 4.99 Å². The number of hydrogen-bond acceptors (Lipinski definition) is 5. The van der Waals surface area contributed by atoms with Crippen LogP contribution in [0.15, 0.2) is 77.8 Å². The molecule has 3 aromatic carbocycles. The normalized spacial score (nSPS) is 22.1. The largest absolute Gasteiger partial charge is 0.455 e. The average molecular weight is 513 g/mol. The maximum Gasteiger partial charge on any atom is 0.279 e. The summed E-state index contributed by atoms with van der Waals surface area (Å²) in [4.78, 5) is 19.1. The predicted octanol–water partition coefficient (Wildman–Crippen LogP) is 5.36. The Hall–Kier alpha value is -2.81. The zero-order valence-corrected chi connectivity index (χ0v) is 20.6. The van der Waals surface area contributed by atoms with Crippen molar-refractivity contribution in [1.82, 2.24) is 0 Å². The molecule has 174 valence electrons. The van der Waals surface area contributed by atoms with Crippen LogP contribution in [0.2, 0.25) is 5.02 Å². The molecule has 34 heavy (non-hydrogen) atoms. The van der Waals surface area contributed by atoms with Gasteiger partial charge in [-0.05, 0) is 55.0 Å². The lowest BCUT2D eigenvalue weighted by molar-refractivity contribution is 0.100. The highest BCUT2D eigenvalue weighted by molar-refractivity contribution is 8.16. The molecule has 0 aromatic heterocycles. The summed E-state index contributed by atoms with van der Waals surface area (Å²) in [5.74, 6) is 0.760. The summed E-state index contributed by atoms with van der Waals surface area (Å²) in [5.41, 5.74) is 2.08. The molecule has 2 saturated heterocycles. The van der Waals surface area contributed by atoms with Gasteiger partial charge in [-0.2, -0.15) is 4.99 Å². The van der Waals surface area contributed by atoms with Gasteiger partial charge in [0.1, 0.15) is 5.75 Å². The topological polar surface area (TPSA) is 76.0 Å². The highest BCUT2D eigenvalue weighted by atomic mass is 35.5. The molecule has 2 heterocycles. The van der Waals surface area contributed by atoms with Crippen LogP contribution in [-0.2, 0) is 9.84 Å². The van der Waals surface area contributed by atoms with Crippen molar-refractivity contribution in [2.24, 2.45) is 4.99 Å². The Labute approximate surface area is 207 Å². The van der Waals surface area contributed by atoms with Crippen LogP contribution in [0.5, 0.6) is 11.5 Å². The number of aliphatic imine (C=N–C) groups is 1. The molecular formula is C25H21ClN2O4S2. The number of carbonyl (C=O) groups excluding carboxylic acids is 1. The summed E-state index contributed by atoms with van der Waals surface area (Å²) in [6.45, 7) is 1.97. The van der Waals surface area contributed by atoms with E-state index in [0.29, 0.717) is 32.9 Å². The Bertz CT molecular complexity index is 1390. The number of sulfone groups is 1. The molecule has 6 nitrogen and oxygen atoms in total. The number of aryl methyl sites for hydroxylation is 1. The molecule has 9 heteroatoms. The Morgan fingerprint density at radius 1 is 1.06 bits per heavy atom. The molecule has 0 N–H and O–H groups in total. The molecule has 0 unspecified atom stereocenters. The molecule has 0 bridgehead atoms. The van der Waals surface area contributed by atoms with Crippen molar-refractivity contribution < 1.29 is 17.9 Å². The summed E-state index contributed by atoms with van der Waals surface area (Å²) in [5, 5.41) is 0.669. The smallest absolute Gasteiger partial charge is 0.279 e. The van der Waals surface area contributed by atoms with E-state index in [1.807, 2.05) is 37.3 Å². The van der Waals surface area contributed by atoms with Crippen LogP contribution in [0, 0.1) is 6.92 Å². The third kappa shape index (κ3) is 4.71. The molecule has 0 radical (unpaired) electrons. The number of fused-ring (bicyclic) bond motifs is 1. The monoisotopic (exact) mass is 512 g/mol. The van der Waals surface area contributed by atoms with Gasteiger partial charge < -0.3 is 9.64 Å². The van der Waals surface area contributed by atoms with Crippen molar-refractivity contribution in [3.63, 3.8) is 0 Å². The molecule has 0 saturated carbocycles. The van der Waals surface area contributed by atoms with Gasteiger partial charge in [0.25, 0.3) is 5.91 Å². The molecule has 3 aromatic rings. The van der Waals surface area contributed by atoms with Crippen LogP contribution in [-0.4, -0.2) is 42.3 Å². The van der Waals surface area contributed by atoms with Crippen LogP contribution in [0.3, 0.4) is 0 Å². The zero-order chi connectivity index (χ0) is 23.9. The van der Waals surface area contributed by atoms with Gasteiger partial charge in [0, 0.05) is 15.8 Å². The van der Waals surface area contributed by atoms with Crippen molar-refractivity contribution in [3.05, 3.63) is 88.9 Å². The first-order chi connectivity index (χ1) is 16.3. The Kier molecular flexibility index (Phi) is 6.14. The summed E-state index contributed by atoms with van der Waals surface area (Å²) in [7, 11) is -3.21. The highest BCUT2D eigenvalue weighted by Gasteiger charge is 2.50. The van der Waals surface area contributed by atoms with Crippen LogP contribution in [0.4, 0.5) is 5.69 Å². The van der Waals surface area contributed by atoms with Crippen molar-refractivity contribution in [1.29, 1.82) is 0 Å². The number of anilines is 1. The molecular weight excluding hydrogens is 492 g/mol. The molecule has 5 rings (SSSR count). The number of benzene rings is 3. The number of nitrogens with zero attached hydrogens (tertiary/aromatic N) is 2. The van der Waals surface area contributed by atoms with Crippen molar-refractivity contribution in [2.45, 2.75) is 18.2 Å². The summed E-state index contributed by atoms with van der Waals surface area (Å²) in [6.07, 6.45) is 0. The van der Waals surface area contributed by atoms with E-state index in [1.54, 1.807) is 47.4 Å². The molecule has 1 amide bonds. The van der Waals surface area contributed by atoms with Crippen LogP contribution < -0.4 is 9.64 Å². The van der Waals surface area contributed by atoms with E-state index >= 15 is 0 Å². The minimum atomic E-state index is -3.21. The zero-order valence-electron chi connectivity index (χ0n) is 18.2. The minimum Gasteiger partial charge on any atom is -0.455 e. The third-order valence-corrected chi connectivity index (χ3v) is 9.13. The number of halogens is 1. The van der Waals surface area contributed by atoms with Gasteiger partial charge in [-0.1, -0.05) is 53.7 Å². The Balaban J connectivity index is 1.59. The number of ether oxygens (including phenoxy) is 1. The van der Waals surface area contributed by atoms with Gasteiger partial charge in [0.05, 0.1) is 23.2 Å². The van der Waals surface area contributed by atoms with E-state index in [-0.39, 0.29) is 28.7 Å². The summed E-state index contributed by atoms with van der Waals surface area (Å²) >= 11 is 7.67. The first-order valence-electron chi connectivity index (χ1n) is 10.7. The van der Waals surface area contributed by atoms with Gasteiger partial charge in [0.15, 0.2) is 20.8 Å².